The maximum Gasteiger partial charge on any atom is 0.130 e. The number of likely N-dealkylation sites (N-methyl/N-ethyl adjacent to an activating group) is 1. The van der Waals surface area contributed by atoms with Crippen LogP contribution in [0.3, 0.4) is 0 Å². The van der Waals surface area contributed by atoms with Gasteiger partial charge in [-0.2, -0.15) is 5.10 Å². The second kappa shape index (κ2) is 5.80. The number of nitrogens with one attached hydrogen (secondary N) is 1. The van der Waals surface area contributed by atoms with Crippen LogP contribution in [0, 0.1) is 6.92 Å². The van der Waals surface area contributed by atoms with Crippen LogP contribution >= 0.6 is 11.6 Å². The topological polar surface area (TPSA) is 43.0 Å². The Balaban J connectivity index is 2.29. The van der Waals surface area contributed by atoms with Crippen molar-refractivity contribution in [1.29, 1.82) is 0 Å². The number of aromatic nitrogens is 2. The number of hydrogen-bond acceptors (Lipinski definition) is 3. The van der Waals surface area contributed by atoms with Gasteiger partial charge in [0.05, 0.1) is 12.0 Å². The van der Waals surface area contributed by atoms with E-state index in [9.17, 15) is 0 Å². The lowest BCUT2D eigenvalue weighted by molar-refractivity contribution is 0.495. The summed E-state index contributed by atoms with van der Waals surface area (Å²) in [7, 11) is 3.82. The highest BCUT2D eigenvalue weighted by Crippen LogP contribution is 2.28. The third kappa shape index (κ3) is 2.69. The predicted octanol–water partition coefficient (Wildman–Crippen LogP) is 3.04. The average Bonchev–Trinajstić information content (AvgIpc) is 2.95. The van der Waals surface area contributed by atoms with E-state index in [4.69, 9.17) is 16.0 Å². The molecule has 0 radical (unpaired) electrons. The lowest BCUT2D eigenvalue weighted by Gasteiger charge is -2.16. The van der Waals surface area contributed by atoms with Crippen molar-refractivity contribution in [2.24, 2.45) is 7.05 Å². The zero-order valence-corrected chi connectivity index (χ0v) is 12.6. The summed E-state index contributed by atoms with van der Waals surface area (Å²) in [5.74, 6) is 1.03. The van der Waals surface area contributed by atoms with Crippen molar-refractivity contribution in [2.45, 2.75) is 32.7 Å². The van der Waals surface area contributed by atoms with Crippen molar-refractivity contribution in [3.63, 3.8) is 0 Å². The highest BCUT2D eigenvalue weighted by Gasteiger charge is 2.20. The Bertz CT molecular complexity index is 559. The molecule has 2 aromatic heterocycles. The van der Waals surface area contributed by atoms with E-state index in [-0.39, 0.29) is 6.04 Å². The second-order valence-corrected chi connectivity index (χ2v) is 5.03. The van der Waals surface area contributed by atoms with Crippen molar-refractivity contribution in [1.82, 2.24) is 15.1 Å². The van der Waals surface area contributed by atoms with Crippen LogP contribution in [-0.4, -0.2) is 16.8 Å². The zero-order valence-electron chi connectivity index (χ0n) is 11.8. The molecule has 0 saturated heterocycles. The fourth-order valence-corrected chi connectivity index (χ4v) is 2.68. The first-order valence-corrected chi connectivity index (χ1v) is 6.87. The molecule has 2 heterocycles. The summed E-state index contributed by atoms with van der Waals surface area (Å²) in [5, 5.41) is 8.40. The molecule has 0 aliphatic rings. The molecular weight excluding hydrogens is 262 g/mol. The molecule has 19 heavy (non-hydrogen) atoms. The molecule has 0 aromatic carbocycles. The molecule has 0 fully saturated rings. The summed E-state index contributed by atoms with van der Waals surface area (Å²) in [6.45, 7) is 4.08. The normalized spacial score (nSPS) is 12.9. The average molecular weight is 282 g/mol. The van der Waals surface area contributed by atoms with Crippen LogP contribution in [0.1, 0.15) is 35.5 Å². The van der Waals surface area contributed by atoms with Crippen LogP contribution in [0.25, 0.3) is 0 Å². The molecule has 0 saturated carbocycles. The van der Waals surface area contributed by atoms with E-state index in [0.717, 1.165) is 29.9 Å². The smallest absolute Gasteiger partial charge is 0.130 e. The van der Waals surface area contributed by atoms with Crippen LogP contribution in [0.5, 0.6) is 0 Å². The highest BCUT2D eigenvalue weighted by atomic mass is 35.5. The molecule has 0 aliphatic carbocycles. The predicted molar refractivity (Wildman–Crippen MR) is 76.5 cm³/mol. The molecule has 1 atom stereocenters. The lowest BCUT2D eigenvalue weighted by Crippen LogP contribution is -2.19. The zero-order chi connectivity index (χ0) is 14.0. The summed E-state index contributed by atoms with van der Waals surface area (Å²) in [5.41, 5.74) is 3.27. The molecule has 104 valence electrons. The fraction of sp³-hybridized carbons (Fsp3) is 0.500. The molecule has 2 rings (SSSR count). The van der Waals surface area contributed by atoms with Crippen LogP contribution in [0.2, 0.25) is 5.15 Å². The molecule has 0 amide bonds. The molecule has 0 aliphatic heterocycles. The molecule has 5 heteroatoms. The summed E-state index contributed by atoms with van der Waals surface area (Å²) >= 11 is 6.30. The minimum absolute atomic E-state index is 0.189. The summed E-state index contributed by atoms with van der Waals surface area (Å²) in [6, 6.07) is 2.22. The van der Waals surface area contributed by atoms with Gasteiger partial charge in [0.25, 0.3) is 0 Å². The van der Waals surface area contributed by atoms with Gasteiger partial charge >= 0.3 is 0 Å². The minimum Gasteiger partial charge on any atom is -0.469 e. The van der Waals surface area contributed by atoms with Crippen molar-refractivity contribution in [3.8, 4) is 0 Å². The van der Waals surface area contributed by atoms with Crippen molar-refractivity contribution < 1.29 is 4.42 Å². The molecule has 1 unspecified atom stereocenters. The van der Waals surface area contributed by atoms with E-state index in [1.165, 1.54) is 5.56 Å². The van der Waals surface area contributed by atoms with Crippen molar-refractivity contribution in [2.75, 3.05) is 7.05 Å². The number of hydrogen-bond donors (Lipinski definition) is 1. The van der Waals surface area contributed by atoms with E-state index < -0.39 is 0 Å². The van der Waals surface area contributed by atoms with Crippen LogP contribution < -0.4 is 5.32 Å². The maximum absolute atomic E-state index is 6.30. The van der Waals surface area contributed by atoms with Gasteiger partial charge in [0, 0.05) is 30.6 Å². The van der Waals surface area contributed by atoms with Crippen molar-refractivity contribution in [3.05, 3.63) is 40.1 Å². The largest absolute Gasteiger partial charge is 0.469 e. The van der Waals surface area contributed by atoms with Gasteiger partial charge in [0.2, 0.25) is 0 Å². The van der Waals surface area contributed by atoms with Gasteiger partial charge in [-0.25, -0.2) is 0 Å². The standard InChI is InChI=1S/C14H20ClN3O/c1-5-13-10(6-7-19-13)12(16-3)8-11-9(2)17-18(4)14(11)15/h6-7,12,16H,5,8H2,1-4H3. The first-order valence-electron chi connectivity index (χ1n) is 6.50. The third-order valence-electron chi connectivity index (χ3n) is 3.50. The SMILES string of the molecule is CCc1occc1C(Cc1c(C)nn(C)c1Cl)NC. The van der Waals surface area contributed by atoms with E-state index >= 15 is 0 Å². The van der Waals surface area contributed by atoms with Gasteiger partial charge in [0.1, 0.15) is 10.9 Å². The van der Waals surface area contributed by atoms with Crippen LogP contribution in [0.15, 0.2) is 16.7 Å². The fourth-order valence-electron chi connectivity index (χ4n) is 2.43. The van der Waals surface area contributed by atoms with E-state index in [1.54, 1.807) is 10.9 Å². The molecular formula is C14H20ClN3O. The second-order valence-electron chi connectivity index (χ2n) is 4.68. The monoisotopic (exact) mass is 281 g/mol. The number of furan rings is 1. The quantitative estimate of drug-likeness (QED) is 0.916. The number of nitrogens with zero attached hydrogens (tertiary/aromatic N) is 2. The Morgan fingerprint density at radius 1 is 1.53 bits per heavy atom. The Morgan fingerprint density at radius 3 is 2.79 bits per heavy atom. The van der Waals surface area contributed by atoms with Gasteiger partial charge < -0.3 is 9.73 Å². The lowest BCUT2D eigenvalue weighted by atomic mass is 9.99. The minimum atomic E-state index is 0.189. The first-order chi connectivity index (χ1) is 9.08. The third-order valence-corrected chi connectivity index (χ3v) is 3.98. The van der Waals surface area contributed by atoms with Crippen LogP contribution in [0.4, 0.5) is 0 Å². The molecule has 0 spiro atoms. The van der Waals surface area contributed by atoms with Gasteiger partial charge in [-0.3, -0.25) is 4.68 Å². The van der Waals surface area contributed by atoms with Gasteiger partial charge in [-0.05, 0) is 26.5 Å². The van der Waals surface area contributed by atoms with Gasteiger partial charge in [-0.1, -0.05) is 18.5 Å². The Hall–Kier alpha value is -1.26. The number of rotatable bonds is 5. The first kappa shape index (κ1) is 14.2. The summed E-state index contributed by atoms with van der Waals surface area (Å²) in [4.78, 5) is 0. The molecule has 0 bridgehead atoms. The van der Waals surface area contributed by atoms with Gasteiger partial charge in [0.15, 0.2) is 0 Å². The van der Waals surface area contributed by atoms with E-state index in [0.29, 0.717) is 5.15 Å². The highest BCUT2D eigenvalue weighted by molar-refractivity contribution is 6.30. The Labute approximate surface area is 118 Å². The van der Waals surface area contributed by atoms with E-state index in [1.807, 2.05) is 27.1 Å². The van der Waals surface area contributed by atoms with Crippen molar-refractivity contribution >= 4 is 11.6 Å². The number of halogens is 1. The molecule has 2 aromatic rings. The molecule has 4 nitrogen and oxygen atoms in total. The Kier molecular flexibility index (Phi) is 4.32. The Morgan fingerprint density at radius 2 is 2.26 bits per heavy atom. The van der Waals surface area contributed by atoms with E-state index in [2.05, 4.69) is 17.3 Å². The summed E-state index contributed by atoms with van der Waals surface area (Å²) < 4.78 is 7.22. The summed E-state index contributed by atoms with van der Waals surface area (Å²) in [6.07, 6.45) is 3.44. The van der Waals surface area contributed by atoms with Gasteiger partial charge in [-0.15, -0.1) is 0 Å². The maximum atomic E-state index is 6.30. The van der Waals surface area contributed by atoms with Crippen LogP contribution in [-0.2, 0) is 19.9 Å². The number of aryl methyl sites for hydroxylation is 3. The molecule has 1 N–H and O–H groups in total.